The van der Waals surface area contributed by atoms with Crippen LogP contribution in [0, 0.1) is 5.92 Å². The minimum Gasteiger partial charge on any atom is -0.504 e. The molecule has 13 nitrogen and oxygen atoms in total. The molecule has 3 aromatic rings. The quantitative estimate of drug-likeness (QED) is 0.104. The molecule has 0 unspecified atom stereocenters. The van der Waals surface area contributed by atoms with E-state index in [1.807, 2.05) is 6.92 Å². The summed E-state index contributed by atoms with van der Waals surface area (Å²) in [4.78, 5) is 15.8. The topological polar surface area (TPSA) is 206 Å². The zero-order chi connectivity index (χ0) is 33.9. The number of rotatable bonds is 17. The Hall–Kier alpha value is -4.30. The minimum atomic E-state index is -0.946. The lowest BCUT2D eigenvalue weighted by atomic mass is 9.89. The van der Waals surface area contributed by atoms with Crippen molar-refractivity contribution in [2.45, 2.75) is 69.8 Å². The van der Waals surface area contributed by atoms with E-state index in [2.05, 4.69) is 10.3 Å². The first-order valence-electron chi connectivity index (χ1n) is 15.7. The predicted octanol–water partition coefficient (Wildman–Crippen LogP) is 3.32. The lowest BCUT2D eigenvalue weighted by molar-refractivity contribution is -0.138. The highest BCUT2D eigenvalue weighted by molar-refractivity contribution is 5.67. The van der Waals surface area contributed by atoms with E-state index >= 15 is 0 Å². The number of pyridine rings is 1. The third-order valence-corrected chi connectivity index (χ3v) is 8.27. The van der Waals surface area contributed by atoms with Gasteiger partial charge in [0.2, 0.25) is 5.75 Å². The number of phenols is 2. The number of carboxylic acid groups (broad SMARTS) is 1. The number of hydrogen-bond donors (Lipinski definition) is 7. The van der Waals surface area contributed by atoms with Crippen molar-refractivity contribution in [3.8, 4) is 28.7 Å². The van der Waals surface area contributed by atoms with Crippen LogP contribution in [0.25, 0.3) is 0 Å². The first-order chi connectivity index (χ1) is 22.6. The van der Waals surface area contributed by atoms with Crippen LogP contribution in [0.3, 0.4) is 0 Å². The molecule has 0 aliphatic carbocycles. The number of nitrogens with zero attached hydrogens (tertiary/aromatic N) is 1. The van der Waals surface area contributed by atoms with Gasteiger partial charge >= 0.3 is 5.97 Å². The molecule has 1 aliphatic rings. The molecule has 0 radical (unpaired) electrons. The number of benzene rings is 2. The molecule has 0 amide bonds. The van der Waals surface area contributed by atoms with Gasteiger partial charge in [-0.15, -0.1) is 0 Å². The number of methoxy groups -OCH3 is 1. The highest BCUT2D eigenvalue weighted by Crippen LogP contribution is 2.43. The van der Waals surface area contributed by atoms with Crippen LogP contribution < -0.4 is 25.3 Å². The summed E-state index contributed by atoms with van der Waals surface area (Å²) in [6.07, 6.45) is 2.37. The zero-order valence-corrected chi connectivity index (χ0v) is 26.7. The molecule has 0 bridgehead atoms. The van der Waals surface area contributed by atoms with E-state index in [0.717, 1.165) is 11.1 Å². The Morgan fingerprint density at radius 1 is 1.09 bits per heavy atom. The van der Waals surface area contributed by atoms with Gasteiger partial charge in [-0.3, -0.25) is 4.79 Å². The van der Waals surface area contributed by atoms with E-state index in [4.69, 9.17) is 29.8 Å². The molecule has 1 aromatic heterocycles. The number of phenolic OH excluding ortho intramolecular Hbond substituents is 2. The second kappa shape index (κ2) is 17.0. The number of aromatic hydroxyl groups is 2. The number of hydrogen-bond acceptors (Lipinski definition) is 12. The maximum atomic E-state index is 11.8. The van der Waals surface area contributed by atoms with Gasteiger partial charge < -0.3 is 55.5 Å². The molecule has 2 heterocycles. The molecule has 5 atom stereocenters. The lowest BCUT2D eigenvalue weighted by Gasteiger charge is -2.34. The molecule has 2 aromatic carbocycles. The molecule has 256 valence electrons. The van der Waals surface area contributed by atoms with Crippen LogP contribution in [0.2, 0.25) is 0 Å². The summed E-state index contributed by atoms with van der Waals surface area (Å²) >= 11 is 0. The predicted molar refractivity (Wildman–Crippen MR) is 173 cm³/mol. The van der Waals surface area contributed by atoms with Gasteiger partial charge in [-0.2, -0.15) is 0 Å². The monoisotopic (exact) mass is 655 g/mol. The number of aliphatic hydroxyl groups excluding tert-OH is 2. The van der Waals surface area contributed by atoms with Crippen molar-refractivity contribution >= 4 is 11.8 Å². The van der Waals surface area contributed by atoms with E-state index in [1.54, 1.807) is 42.6 Å². The number of carboxylic acids is 1. The molecule has 8 N–H and O–H groups in total. The number of aromatic nitrogens is 1. The standard InChI is InChI=1S/C34H45N3O10/c1-3-36-26(22(15-33(41)42)10-21-8-9-37-32(35)12-21)18-45-31-14-23(13-30(44-2)34(31)43)28-17-24(39)16-25(47-28)6-4-20-5-7-27(40)29(11-20)46-19-38/h5,7-9,11-14,22,24-26,28,36,38-40,43H,3-4,6,10,15-19H2,1-2H3,(H2,35,37)(H,41,42)/t22-,24-,25-,26+,28-/m0/s1. The molecule has 1 fully saturated rings. The largest absolute Gasteiger partial charge is 0.504 e. The van der Waals surface area contributed by atoms with Crippen molar-refractivity contribution in [2.75, 3.05) is 32.8 Å². The van der Waals surface area contributed by atoms with Gasteiger partial charge in [-0.25, -0.2) is 4.98 Å². The summed E-state index contributed by atoms with van der Waals surface area (Å²) in [5, 5.41) is 53.8. The average Bonchev–Trinajstić information content (AvgIpc) is 3.03. The Labute approximate surface area is 273 Å². The lowest BCUT2D eigenvalue weighted by Crippen LogP contribution is -2.42. The fraction of sp³-hybridized carbons (Fsp3) is 0.471. The summed E-state index contributed by atoms with van der Waals surface area (Å²) < 4.78 is 23.1. The van der Waals surface area contributed by atoms with E-state index < -0.39 is 25.0 Å². The van der Waals surface area contributed by atoms with Crippen molar-refractivity contribution in [1.82, 2.24) is 10.3 Å². The summed E-state index contributed by atoms with van der Waals surface area (Å²) in [5.74, 6) is -0.732. The first-order valence-corrected chi connectivity index (χ1v) is 15.7. The Balaban J connectivity index is 1.50. The highest BCUT2D eigenvalue weighted by Gasteiger charge is 2.31. The molecule has 0 saturated carbocycles. The third-order valence-electron chi connectivity index (χ3n) is 8.27. The highest BCUT2D eigenvalue weighted by atomic mass is 16.6. The number of anilines is 1. The third kappa shape index (κ3) is 10.1. The number of nitrogen functional groups attached to an aromatic ring is 1. The second-order valence-corrected chi connectivity index (χ2v) is 11.7. The van der Waals surface area contributed by atoms with Crippen molar-refractivity contribution in [3.05, 3.63) is 65.4 Å². The first kappa shape index (κ1) is 35.6. The molecule has 4 rings (SSSR count). The van der Waals surface area contributed by atoms with Gasteiger partial charge in [-0.1, -0.05) is 13.0 Å². The SMILES string of the molecule is CCN[C@H](COc1cc([C@@H]2C[C@@H](O)C[C@H](CCc3ccc(O)c(OCO)c3)O2)cc(OC)c1O)[C@H](CC(=O)O)Cc1ccnc(N)c1. The Morgan fingerprint density at radius 3 is 2.57 bits per heavy atom. The fourth-order valence-electron chi connectivity index (χ4n) is 5.98. The molecule has 47 heavy (non-hydrogen) atoms. The van der Waals surface area contributed by atoms with Gasteiger partial charge in [-0.05, 0) is 91.2 Å². The molecule has 1 aliphatic heterocycles. The number of aliphatic carboxylic acids is 1. The number of ether oxygens (including phenoxy) is 4. The van der Waals surface area contributed by atoms with Crippen molar-refractivity contribution in [1.29, 1.82) is 0 Å². The van der Waals surface area contributed by atoms with Crippen LogP contribution in [0.1, 0.15) is 55.4 Å². The Kier molecular flexibility index (Phi) is 12.9. The summed E-state index contributed by atoms with van der Waals surface area (Å²) in [5.41, 5.74) is 8.23. The van der Waals surface area contributed by atoms with Crippen molar-refractivity contribution < 1.29 is 49.3 Å². The molecular weight excluding hydrogens is 610 g/mol. The van der Waals surface area contributed by atoms with Gasteiger partial charge in [0.1, 0.15) is 12.4 Å². The van der Waals surface area contributed by atoms with E-state index in [-0.39, 0.29) is 59.8 Å². The van der Waals surface area contributed by atoms with E-state index in [0.29, 0.717) is 50.0 Å². The normalized spacial score (nSPS) is 19.1. The van der Waals surface area contributed by atoms with Gasteiger partial charge in [0.15, 0.2) is 29.8 Å². The second-order valence-electron chi connectivity index (χ2n) is 11.7. The van der Waals surface area contributed by atoms with Crippen molar-refractivity contribution in [3.63, 3.8) is 0 Å². The minimum absolute atomic E-state index is 0.0535. The maximum absolute atomic E-state index is 11.8. The number of likely N-dealkylation sites (N-methyl/N-ethyl adjacent to an activating group) is 1. The van der Waals surface area contributed by atoms with E-state index in [1.165, 1.54) is 13.2 Å². The number of nitrogens with one attached hydrogen (secondary N) is 1. The number of carbonyl (C=O) groups is 1. The van der Waals surface area contributed by atoms with Gasteiger partial charge in [0.05, 0.1) is 31.8 Å². The van der Waals surface area contributed by atoms with Crippen LogP contribution in [-0.2, 0) is 22.4 Å². The van der Waals surface area contributed by atoms with Gasteiger partial charge in [0.25, 0.3) is 0 Å². The Morgan fingerprint density at radius 2 is 1.87 bits per heavy atom. The number of nitrogens with two attached hydrogens (primary N) is 1. The van der Waals surface area contributed by atoms with E-state index in [9.17, 15) is 25.2 Å². The molecular formula is C34H45N3O10. The van der Waals surface area contributed by atoms with Crippen molar-refractivity contribution in [2.24, 2.45) is 5.92 Å². The summed E-state index contributed by atoms with van der Waals surface area (Å²) in [6.45, 7) is 1.98. The molecule has 1 saturated heterocycles. The Bertz CT molecular complexity index is 1470. The van der Waals surface area contributed by atoms with Crippen LogP contribution in [0.4, 0.5) is 5.82 Å². The summed E-state index contributed by atoms with van der Waals surface area (Å²) in [7, 11) is 1.43. The average molecular weight is 656 g/mol. The van der Waals surface area contributed by atoms with Crippen LogP contribution in [0.5, 0.6) is 28.7 Å². The van der Waals surface area contributed by atoms with Crippen LogP contribution in [-0.4, -0.2) is 81.8 Å². The van der Waals surface area contributed by atoms with Gasteiger partial charge in [0, 0.05) is 18.7 Å². The molecule has 0 spiro atoms. The smallest absolute Gasteiger partial charge is 0.303 e. The number of aliphatic hydroxyl groups is 2. The van der Waals surface area contributed by atoms with Crippen LogP contribution >= 0.6 is 0 Å². The zero-order valence-electron chi connectivity index (χ0n) is 26.7. The maximum Gasteiger partial charge on any atom is 0.303 e. The summed E-state index contributed by atoms with van der Waals surface area (Å²) in [6, 6.07) is 11.4. The number of aryl methyl sites for hydroxylation is 1. The fourth-order valence-corrected chi connectivity index (χ4v) is 5.98. The molecule has 13 heteroatoms. The van der Waals surface area contributed by atoms with Crippen LogP contribution in [0.15, 0.2) is 48.7 Å².